The molecular formula is C23H17F3IN3O6. The van der Waals surface area contributed by atoms with E-state index in [1.807, 2.05) is 22.6 Å². The van der Waals surface area contributed by atoms with Gasteiger partial charge in [0.2, 0.25) is 0 Å². The number of benzene rings is 3. The van der Waals surface area contributed by atoms with Gasteiger partial charge in [-0.1, -0.05) is 12.1 Å². The van der Waals surface area contributed by atoms with Gasteiger partial charge in [0, 0.05) is 6.07 Å². The van der Waals surface area contributed by atoms with Gasteiger partial charge in [-0.2, -0.15) is 18.3 Å². The first-order valence-corrected chi connectivity index (χ1v) is 11.0. The Morgan fingerprint density at radius 3 is 2.47 bits per heavy atom. The number of carboxylic acid groups (broad SMARTS) is 1. The summed E-state index contributed by atoms with van der Waals surface area (Å²) in [7, 11) is 1.44. The van der Waals surface area contributed by atoms with Crippen molar-refractivity contribution in [3.63, 3.8) is 0 Å². The molecule has 3 rings (SSSR count). The zero-order valence-electron chi connectivity index (χ0n) is 18.4. The van der Waals surface area contributed by atoms with Crippen molar-refractivity contribution in [3.8, 4) is 11.5 Å². The number of nitrogens with zero attached hydrogens (tertiary/aromatic N) is 2. The molecule has 0 saturated carbocycles. The third-order valence-electron chi connectivity index (χ3n) is 4.76. The molecule has 0 spiro atoms. The van der Waals surface area contributed by atoms with Crippen LogP contribution in [0.5, 0.6) is 11.5 Å². The largest absolute Gasteiger partial charge is 0.493 e. The normalized spacial score (nSPS) is 11.4. The van der Waals surface area contributed by atoms with Crippen LogP contribution >= 0.6 is 22.6 Å². The van der Waals surface area contributed by atoms with Crippen molar-refractivity contribution in [2.24, 2.45) is 5.10 Å². The van der Waals surface area contributed by atoms with E-state index in [9.17, 15) is 28.1 Å². The van der Waals surface area contributed by atoms with Gasteiger partial charge in [-0.25, -0.2) is 4.79 Å². The number of nitrogens with one attached hydrogen (secondary N) is 1. The number of hydrazone groups is 1. The average molecular weight is 615 g/mol. The van der Waals surface area contributed by atoms with Gasteiger partial charge in [0.25, 0.3) is 5.69 Å². The molecule has 0 aliphatic carbocycles. The van der Waals surface area contributed by atoms with Crippen LogP contribution in [-0.2, 0) is 12.8 Å². The molecule has 0 atom stereocenters. The summed E-state index contributed by atoms with van der Waals surface area (Å²) in [6, 6.07) is 11.6. The van der Waals surface area contributed by atoms with E-state index in [1.54, 1.807) is 24.3 Å². The van der Waals surface area contributed by atoms with E-state index < -0.39 is 28.3 Å². The number of carboxylic acids is 1. The lowest BCUT2D eigenvalue weighted by molar-refractivity contribution is -0.384. The molecule has 0 unspecified atom stereocenters. The Morgan fingerprint density at radius 1 is 1.19 bits per heavy atom. The van der Waals surface area contributed by atoms with Crippen molar-refractivity contribution in [1.29, 1.82) is 0 Å². The predicted molar refractivity (Wildman–Crippen MR) is 133 cm³/mol. The van der Waals surface area contributed by atoms with E-state index in [2.05, 4.69) is 10.5 Å². The third kappa shape index (κ3) is 6.62. The van der Waals surface area contributed by atoms with Crippen LogP contribution in [0.4, 0.5) is 24.5 Å². The fourth-order valence-electron chi connectivity index (χ4n) is 2.98. The van der Waals surface area contributed by atoms with Crippen LogP contribution in [0.25, 0.3) is 0 Å². The van der Waals surface area contributed by atoms with Gasteiger partial charge in [0.05, 0.1) is 32.9 Å². The number of alkyl halides is 3. The second-order valence-corrected chi connectivity index (χ2v) is 8.34. The van der Waals surface area contributed by atoms with E-state index in [0.29, 0.717) is 26.7 Å². The Labute approximate surface area is 215 Å². The molecule has 0 aliphatic heterocycles. The van der Waals surface area contributed by atoms with E-state index in [4.69, 9.17) is 14.6 Å². The SMILES string of the molecule is COc1cc(/C=N\Nc2ccc(C(F)(F)F)cc2[N+](=O)[O-])cc(I)c1OCc1ccc(C(=O)O)cc1. The number of aromatic carboxylic acids is 1. The minimum atomic E-state index is -4.72. The van der Waals surface area contributed by atoms with Gasteiger partial charge in [0.1, 0.15) is 12.3 Å². The van der Waals surface area contributed by atoms with Crippen molar-refractivity contribution in [2.45, 2.75) is 12.8 Å². The summed E-state index contributed by atoms with van der Waals surface area (Å²) in [5.74, 6) is -0.228. The molecule has 0 aromatic heterocycles. The van der Waals surface area contributed by atoms with Gasteiger partial charge in [-0.3, -0.25) is 15.5 Å². The van der Waals surface area contributed by atoms with Gasteiger partial charge in [-0.15, -0.1) is 0 Å². The minimum Gasteiger partial charge on any atom is -0.493 e. The van der Waals surface area contributed by atoms with Crippen molar-refractivity contribution in [3.05, 3.63) is 90.5 Å². The molecule has 0 fully saturated rings. The maximum Gasteiger partial charge on any atom is 0.416 e. The van der Waals surface area contributed by atoms with Gasteiger partial charge in [-0.05, 0) is 70.1 Å². The molecule has 0 heterocycles. The van der Waals surface area contributed by atoms with Gasteiger partial charge >= 0.3 is 12.1 Å². The standard InChI is InChI=1S/C23H17F3IN3O6/c1-35-20-9-14(8-17(27)21(20)36-12-13-2-4-15(5-3-13)22(31)32)11-28-29-18-7-6-16(23(24,25)26)10-19(18)30(33)34/h2-11,29H,12H2,1H3,(H,31,32)/b28-11-. The molecule has 0 bridgehead atoms. The van der Waals surface area contributed by atoms with E-state index >= 15 is 0 Å². The predicted octanol–water partition coefficient (Wildman–Crippen LogP) is 5.95. The summed E-state index contributed by atoms with van der Waals surface area (Å²) in [5.41, 5.74) is 1.70. The Balaban J connectivity index is 1.75. The summed E-state index contributed by atoms with van der Waals surface area (Å²) in [6.07, 6.45) is -3.40. The molecular weight excluding hydrogens is 598 g/mol. The number of nitro benzene ring substituents is 1. The molecule has 13 heteroatoms. The molecule has 2 N–H and O–H groups in total. The van der Waals surface area contributed by atoms with E-state index in [-0.39, 0.29) is 17.9 Å². The Kier molecular flexibility index (Phi) is 8.34. The van der Waals surface area contributed by atoms with Crippen LogP contribution in [0.15, 0.2) is 59.7 Å². The number of anilines is 1. The maximum atomic E-state index is 12.9. The maximum absolute atomic E-state index is 12.9. The lowest BCUT2D eigenvalue weighted by Gasteiger charge is -2.14. The number of carbonyl (C=O) groups is 1. The first kappa shape index (κ1) is 26.7. The molecule has 36 heavy (non-hydrogen) atoms. The van der Waals surface area contributed by atoms with E-state index in [1.165, 1.54) is 25.5 Å². The highest BCUT2D eigenvalue weighted by atomic mass is 127. The molecule has 9 nitrogen and oxygen atoms in total. The van der Waals surface area contributed by atoms with Crippen molar-refractivity contribution >= 4 is 46.1 Å². The number of hydrogen-bond acceptors (Lipinski definition) is 7. The zero-order valence-corrected chi connectivity index (χ0v) is 20.5. The quantitative estimate of drug-likeness (QED) is 0.132. The Bertz CT molecular complexity index is 1310. The van der Waals surface area contributed by atoms with Gasteiger partial charge in [0.15, 0.2) is 11.5 Å². The first-order chi connectivity index (χ1) is 17.0. The highest BCUT2D eigenvalue weighted by molar-refractivity contribution is 14.1. The topological polar surface area (TPSA) is 123 Å². The molecule has 3 aromatic rings. The van der Waals surface area contributed by atoms with Crippen molar-refractivity contribution < 1.29 is 37.5 Å². The van der Waals surface area contributed by atoms with Crippen LogP contribution in [0.1, 0.15) is 27.0 Å². The summed E-state index contributed by atoms with van der Waals surface area (Å²) in [6.45, 7) is 0.152. The van der Waals surface area contributed by atoms with Crippen molar-refractivity contribution in [1.82, 2.24) is 0 Å². The van der Waals surface area contributed by atoms with Crippen LogP contribution in [0.3, 0.4) is 0 Å². The van der Waals surface area contributed by atoms with Crippen molar-refractivity contribution in [2.75, 3.05) is 12.5 Å². The second kappa shape index (κ2) is 11.2. The molecule has 0 amide bonds. The lowest BCUT2D eigenvalue weighted by Crippen LogP contribution is -2.06. The molecule has 0 aliphatic rings. The van der Waals surface area contributed by atoms with Crippen LogP contribution < -0.4 is 14.9 Å². The smallest absolute Gasteiger partial charge is 0.416 e. The number of rotatable bonds is 9. The highest BCUT2D eigenvalue weighted by Crippen LogP contribution is 2.36. The zero-order chi connectivity index (χ0) is 26.5. The number of halogens is 4. The second-order valence-electron chi connectivity index (χ2n) is 7.18. The number of methoxy groups -OCH3 is 1. The minimum absolute atomic E-state index is 0.152. The number of nitro groups is 1. The fourth-order valence-corrected chi connectivity index (χ4v) is 3.76. The van der Waals surface area contributed by atoms with Crippen LogP contribution in [0.2, 0.25) is 0 Å². The molecule has 0 saturated heterocycles. The average Bonchev–Trinajstić information content (AvgIpc) is 2.82. The van der Waals surface area contributed by atoms with E-state index in [0.717, 1.165) is 17.7 Å². The third-order valence-corrected chi connectivity index (χ3v) is 5.56. The summed E-state index contributed by atoms with van der Waals surface area (Å²) in [5, 5.41) is 24.1. The van der Waals surface area contributed by atoms with Crippen LogP contribution in [0, 0.1) is 13.7 Å². The lowest BCUT2D eigenvalue weighted by atomic mass is 10.1. The fraction of sp³-hybridized carbons (Fsp3) is 0.130. The summed E-state index contributed by atoms with van der Waals surface area (Å²) < 4.78 is 50.5. The summed E-state index contributed by atoms with van der Waals surface area (Å²) >= 11 is 2.02. The Morgan fingerprint density at radius 2 is 1.89 bits per heavy atom. The summed E-state index contributed by atoms with van der Waals surface area (Å²) in [4.78, 5) is 21.2. The number of hydrogen-bond donors (Lipinski definition) is 2. The Hall–Kier alpha value is -3.88. The molecule has 3 aromatic carbocycles. The molecule has 188 valence electrons. The molecule has 0 radical (unpaired) electrons. The van der Waals surface area contributed by atoms with Crippen LogP contribution in [-0.4, -0.2) is 29.3 Å². The van der Waals surface area contributed by atoms with Gasteiger partial charge < -0.3 is 14.6 Å². The number of ether oxygens (including phenoxy) is 2. The first-order valence-electron chi connectivity index (χ1n) is 9.97. The monoisotopic (exact) mass is 615 g/mol. The highest BCUT2D eigenvalue weighted by Gasteiger charge is 2.33.